The van der Waals surface area contributed by atoms with Crippen molar-refractivity contribution in [2.75, 3.05) is 0 Å². The molecule has 79 heavy (non-hydrogen) atoms. The molecule has 9 unspecified atom stereocenters. The van der Waals surface area contributed by atoms with Crippen LogP contribution in [0, 0.1) is 123 Å². The topological polar surface area (TPSA) is 0 Å². The van der Waals surface area contributed by atoms with E-state index in [2.05, 4.69) is 24.6 Å². The van der Waals surface area contributed by atoms with Gasteiger partial charge in [0.25, 0.3) is 0 Å². The smallest absolute Gasteiger partial charge is 0.0179 e. The van der Waals surface area contributed by atoms with Gasteiger partial charge in [-0.3, -0.25) is 0 Å². The van der Waals surface area contributed by atoms with Crippen LogP contribution < -0.4 is 0 Å². The summed E-state index contributed by atoms with van der Waals surface area (Å²) in [5.74, 6) is 19.1. The Kier molecular flexibility index (Phi) is 19.7. The highest BCUT2D eigenvalue weighted by atomic mass is 14.7. The van der Waals surface area contributed by atoms with Gasteiger partial charge in [0.15, 0.2) is 0 Å². The van der Waals surface area contributed by atoms with Crippen LogP contribution in [0.5, 0.6) is 0 Å². The van der Waals surface area contributed by atoms with E-state index in [9.17, 15) is 0 Å². The van der Waals surface area contributed by atoms with Gasteiger partial charge in [0.05, 0.1) is 0 Å². The van der Waals surface area contributed by atoms with Crippen molar-refractivity contribution in [1.82, 2.24) is 0 Å². The van der Waals surface area contributed by atoms with Crippen molar-refractivity contribution in [2.24, 2.45) is 123 Å². The zero-order valence-corrected chi connectivity index (χ0v) is 52.6. The fraction of sp³-hybridized carbons (Fsp3) is 0.949. The van der Waals surface area contributed by atoms with Crippen LogP contribution in [0.3, 0.4) is 0 Å². The van der Waals surface area contributed by atoms with Gasteiger partial charge in [0.2, 0.25) is 0 Å². The van der Waals surface area contributed by atoms with Crippen molar-refractivity contribution in [3.63, 3.8) is 0 Å². The lowest BCUT2D eigenvalue weighted by molar-refractivity contribution is -0.103. The van der Waals surface area contributed by atoms with Crippen LogP contribution in [0.1, 0.15) is 347 Å². The summed E-state index contributed by atoms with van der Waals surface area (Å²) in [6, 6.07) is 0. The Balaban J connectivity index is 0.798. The van der Waals surface area contributed by atoms with Gasteiger partial charge in [-0.1, -0.05) is 184 Å². The molecule has 0 aromatic carbocycles. The maximum Gasteiger partial charge on any atom is -0.0179 e. The minimum absolute atomic E-state index is 0.583. The first-order valence-electron chi connectivity index (χ1n) is 38.5. The van der Waals surface area contributed by atoms with E-state index in [1.54, 1.807) is 199 Å². The summed E-state index contributed by atoms with van der Waals surface area (Å²) < 4.78 is 0. The first-order valence-corrected chi connectivity index (χ1v) is 38.5. The second-order valence-corrected chi connectivity index (χ2v) is 33.6. The minimum Gasteiger partial charge on any atom is -0.0817 e. The lowest BCUT2D eigenvalue weighted by Gasteiger charge is -2.59. The quantitative estimate of drug-likeness (QED) is 0.161. The molecule has 13 fully saturated rings. The van der Waals surface area contributed by atoms with E-state index >= 15 is 0 Å². The third-order valence-electron chi connectivity index (χ3n) is 30.3. The number of hydrogen-bond donors (Lipinski definition) is 0. The average molecular weight is 1080 g/mol. The summed E-state index contributed by atoms with van der Waals surface area (Å²) in [6.45, 7) is 3.09. The van der Waals surface area contributed by atoms with Crippen molar-refractivity contribution >= 4 is 0 Å². The van der Waals surface area contributed by atoms with Crippen molar-refractivity contribution in [1.29, 1.82) is 0 Å². The summed E-state index contributed by atoms with van der Waals surface area (Å²) in [4.78, 5) is 0. The van der Waals surface area contributed by atoms with Gasteiger partial charge in [-0.15, -0.1) is 0 Å². The van der Waals surface area contributed by atoms with Crippen LogP contribution >= 0.6 is 0 Å². The summed E-state index contributed by atoms with van der Waals surface area (Å²) in [6.07, 6.45) is 89.1. The predicted octanol–water partition coefficient (Wildman–Crippen LogP) is 24.4. The van der Waals surface area contributed by atoms with Crippen LogP contribution in [0.4, 0.5) is 0 Å². The Hall–Kier alpha value is -0.520. The normalized spacial score (nSPS) is 39.1. The Labute approximate surface area is 491 Å². The molecular formula is C79H130. The molecule has 0 aromatic rings. The van der Waals surface area contributed by atoms with Gasteiger partial charge < -0.3 is 0 Å². The van der Waals surface area contributed by atoms with Gasteiger partial charge in [-0.25, -0.2) is 0 Å². The Morgan fingerprint density at radius 3 is 1.06 bits per heavy atom. The van der Waals surface area contributed by atoms with E-state index in [1.165, 1.54) is 141 Å². The molecule has 0 amide bonds. The number of fused-ring (bicyclic) bond motifs is 3. The highest BCUT2D eigenvalue weighted by molar-refractivity contribution is 5.20. The molecule has 0 nitrogen and oxygen atoms in total. The maximum absolute atomic E-state index is 3.17. The Bertz CT molecular complexity index is 1810. The molecule has 0 heterocycles. The van der Waals surface area contributed by atoms with Crippen molar-refractivity contribution in [3.05, 3.63) is 23.3 Å². The Morgan fingerprint density at radius 1 is 0.291 bits per heavy atom. The third kappa shape index (κ3) is 12.2. The molecule has 13 saturated carbocycles. The molecular weight excluding hydrogens is 949 g/mol. The van der Waals surface area contributed by atoms with Crippen LogP contribution in [-0.2, 0) is 0 Å². The number of hydrogen-bond acceptors (Lipinski definition) is 0. The molecule has 0 bridgehead atoms. The molecule has 13 rings (SSSR count). The summed E-state index contributed by atoms with van der Waals surface area (Å²) >= 11 is 0. The average Bonchev–Trinajstić information content (AvgIpc) is 3.94. The van der Waals surface area contributed by atoms with Gasteiger partial charge in [-0.05, 0) is 309 Å². The summed E-state index contributed by atoms with van der Waals surface area (Å²) in [7, 11) is 0. The standard InChI is InChI=1S/C79H130/c1-78(66-34-18-6-19-35-66,67-36-20-7-21-37-67)75-55-64(47-50-70(75)63-45-42-57(43-46-63)52-73(59-26-10-2-11-27-59)60-28-12-3-13-29-60)65-48-51-72-71-49-44-58(53-74(61-30-14-4-15-31-61)62-32-16-5-17-33-62)54-76(71)79(77(72)56-65,68-38-22-8-23-39-68)69-40-24-9-25-41-69/h52-53,57-72,75-77H,2-51,54-56H2,1H3. The molecule has 446 valence electrons. The van der Waals surface area contributed by atoms with Crippen molar-refractivity contribution in [3.8, 4) is 0 Å². The van der Waals surface area contributed by atoms with Crippen LogP contribution in [-0.4, -0.2) is 0 Å². The second kappa shape index (κ2) is 27.0. The van der Waals surface area contributed by atoms with Gasteiger partial charge >= 0.3 is 0 Å². The lowest BCUT2D eigenvalue weighted by Crippen LogP contribution is -2.52. The Morgan fingerprint density at radius 2 is 0.620 bits per heavy atom. The molecule has 0 spiro atoms. The van der Waals surface area contributed by atoms with Crippen molar-refractivity contribution in [2.45, 2.75) is 347 Å². The fourth-order valence-electron chi connectivity index (χ4n) is 26.8. The fourth-order valence-corrected chi connectivity index (χ4v) is 26.8. The second-order valence-electron chi connectivity index (χ2n) is 33.6. The molecule has 0 saturated heterocycles. The van der Waals surface area contributed by atoms with E-state index in [1.807, 2.05) is 5.57 Å². The molecule has 0 aromatic heterocycles. The summed E-state index contributed by atoms with van der Waals surface area (Å²) in [5, 5.41) is 0. The van der Waals surface area contributed by atoms with E-state index < -0.39 is 0 Å². The first-order chi connectivity index (χ1) is 39.1. The lowest BCUT2D eigenvalue weighted by atomic mass is 9.45. The molecule has 0 heteroatoms. The van der Waals surface area contributed by atoms with Crippen LogP contribution in [0.15, 0.2) is 23.3 Å². The third-order valence-corrected chi connectivity index (χ3v) is 30.3. The minimum atomic E-state index is 0.583. The van der Waals surface area contributed by atoms with Gasteiger partial charge in [-0.2, -0.15) is 0 Å². The predicted molar refractivity (Wildman–Crippen MR) is 338 cm³/mol. The molecule has 0 radical (unpaired) electrons. The van der Waals surface area contributed by atoms with Crippen LogP contribution in [0.2, 0.25) is 0 Å². The molecule has 0 N–H and O–H groups in total. The van der Waals surface area contributed by atoms with Crippen molar-refractivity contribution < 1.29 is 0 Å². The van der Waals surface area contributed by atoms with E-state index in [0.717, 1.165) is 112 Å². The monoisotopic (exact) mass is 1080 g/mol. The molecule has 0 aliphatic heterocycles. The van der Waals surface area contributed by atoms with Gasteiger partial charge in [0.1, 0.15) is 0 Å². The van der Waals surface area contributed by atoms with Gasteiger partial charge in [0, 0.05) is 0 Å². The largest absolute Gasteiger partial charge is 0.0817 e. The zero-order valence-electron chi connectivity index (χ0n) is 52.6. The SMILES string of the molecule is CC(C1CCCCC1)(C1CCCCC1)C1CC(C2CCC3C4CCC(C=C(C5CCCCC5)C5CCCCC5)CC4C(C4CCCCC4)(C4CCCCC4)C3C2)CCC1C1CCC(C=C(C2CCCCC2)C2CCCCC2)CC1. The molecule has 13 aliphatic rings. The number of rotatable bonds is 13. The first kappa shape index (κ1) is 57.5. The molecule has 9 atom stereocenters. The van der Waals surface area contributed by atoms with Crippen LogP contribution in [0.25, 0.3) is 0 Å². The maximum atomic E-state index is 3.17. The summed E-state index contributed by atoms with van der Waals surface area (Å²) in [5.41, 5.74) is 5.36. The highest BCUT2D eigenvalue weighted by Crippen LogP contribution is 2.74. The highest BCUT2D eigenvalue weighted by Gasteiger charge is 2.67. The van der Waals surface area contributed by atoms with E-state index in [4.69, 9.17) is 0 Å². The van der Waals surface area contributed by atoms with E-state index in [-0.39, 0.29) is 0 Å². The van der Waals surface area contributed by atoms with E-state index in [0.29, 0.717) is 10.8 Å². The molecule has 13 aliphatic carbocycles. The number of allylic oxidation sites excluding steroid dienone is 4. The zero-order chi connectivity index (χ0) is 53.0.